The summed E-state index contributed by atoms with van der Waals surface area (Å²) in [6.45, 7) is 8.04. The van der Waals surface area contributed by atoms with Gasteiger partial charge in [-0.3, -0.25) is 0 Å². The molecule has 1 aromatic heterocycles. The summed E-state index contributed by atoms with van der Waals surface area (Å²) >= 11 is 0. The van der Waals surface area contributed by atoms with Crippen LogP contribution >= 0.6 is 0 Å². The van der Waals surface area contributed by atoms with E-state index in [4.69, 9.17) is 0 Å². The highest BCUT2D eigenvalue weighted by Gasteiger charge is 2.19. The van der Waals surface area contributed by atoms with Crippen LogP contribution in [0.15, 0.2) is 30.3 Å². The first-order chi connectivity index (χ1) is 9.51. The van der Waals surface area contributed by atoms with Gasteiger partial charge in [-0.2, -0.15) is 5.26 Å². The van der Waals surface area contributed by atoms with E-state index >= 15 is 0 Å². The Morgan fingerprint density at radius 3 is 2.45 bits per heavy atom. The lowest BCUT2D eigenvalue weighted by atomic mass is 9.96. The summed E-state index contributed by atoms with van der Waals surface area (Å²) < 4.78 is 0. The molecule has 0 fully saturated rings. The van der Waals surface area contributed by atoms with E-state index < -0.39 is 0 Å². The molecule has 0 bridgehead atoms. The number of aryl methyl sites for hydroxylation is 2. The normalized spacial score (nSPS) is 12.2. The number of nitriles is 1. The monoisotopic (exact) mass is 265 g/mol. The van der Waals surface area contributed by atoms with Crippen molar-refractivity contribution in [1.29, 1.82) is 5.26 Å². The van der Waals surface area contributed by atoms with Crippen molar-refractivity contribution in [2.45, 2.75) is 33.6 Å². The van der Waals surface area contributed by atoms with E-state index in [1.54, 1.807) is 0 Å². The Morgan fingerprint density at radius 2 is 1.85 bits per heavy atom. The second-order valence-corrected chi connectivity index (χ2v) is 5.47. The average molecular weight is 265 g/mol. The summed E-state index contributed by atoms with van der Waals surface area (Å²) in [4.78, 5) is 9.04. The second kappa shape index (κ2) is 5.83. The first-order valence-electron chi connectivity index (χ1n) is 6.83. The van der Waals surface area contributed by atoms with Gasteiger partial charge in [-0.25, -0.2) is 9.97 Å². The van der Waals surface area contributed by atoms with E-state index in [1.165, 1.54) is 5.56 Å². The smallest absolute Gasteiger partial charge is 0.146 e. The molecule has 0 saturated carbocycles. The molecule has 2 aromatic rings. The third-order valence-corrected chi connectivity index (χ3v) is 3.27. The summed E-state index contributed by atoms with van der Waals surface area (Å²) in [5.41, 5.74) is 4.04. The molecule has 0 aliphatic rings. The van der Waals surface area contributed by atoms with Crippen LogP contribution in [0.1, 0.15) is 36.8 Å². The van der Waals surface area contributed by atoms with E-state index in [0.717, 1.165) is 17.0 Å². The van der Waals surface area contributed by atoms with Crippen molar-refractivity contribution in [2.24, 2.45) is 5.92 Å². The first-order valence-corrected chi connectivity index (χ1v) is 6.83. The maximum atomic E-state index is 9.32. The van der Waals surface area contributed by atoms with Crippen LogP contribution in [-0.2, 0) is 0 Å². The van der Waals surface area contributed by atoms with E-state index in [2.05, 4.69) is 35.1 Å². The van der Waals surface area contributed by atoms with Crippen LogP contribution in [0.2, 0.25) is 0 Å². The largest absolute Gasteiger partial charge is 0.237 e. The Bertz CT molecular complexity index is 654. The molecule has 0 radical (unpaired) electrons. The van der Waals surface area contributed by atoms with Crippen LogP contribution in [0.3, 0.4) is 0 Å². The van der Waals surface area contributed by atoms with Crippen LogP contribution in [0.5, 0.6) is 0 Å². The van der Waals surface area contributed by atoms with Gasteiger partial charge in [0.05, 0.1) is 11.8 Å². The van der Waals surface area contributed by atoms with Gasteiger partial charge < -0.3 is 0 Å². The van der Waals surface area contributed by atoms with Crippen molar-refractivity contribution < 1.29 is 0 Å². The fourth-order valence-electron chi connectivity index (χ4n) is 2.19. The van der Waals surface area contributed by atoms with Crippen LogP contribution in [-0.4, -0.2) is 9.97 Å². The predicted molar refractivity (Wildman–Crippen MR) is 80.1 cm³/mol. The van der Waals surface area contributed by atoms with Crippen LogP contribution in [0.25, 0.3) is 11.3 Å². The molecule has 102 valence electrons. The number of nitrogens with zero attached hydrogens (tertiary/aromatic N) is 3. The van der Waals surface area contributed by atoms with Gasteiger partial charge >= 0.3 is 0 Å². The molecular weight excluding hydrogens is 246 g/mol. The number of rotatable bonds is 3. The Balaban J connectivity index is 2.52. The minimum absolute atomic E-state index is 0.201. The Morgan fingerprint density at radius 1 is 1.10 bits per heavy atom. The Hall–Kier alpha value is -2.21. The van der Waals surface area contributed by atoms with Gasteiger partial charge in [-0.1, -0.05) is 37.6 Å². The molecule has 1 aromatic carbocycles. The van der Waals surface area contributed by atoms with E-state index in [-0.39, 0.29) is 11.8 Å². The molecule has 2 rings (SSSR count). The number of aromatic nitrogens is 2. The number of hydrogen-bond donors (Lipinski definition) is 0. The molecule has 0 saturated heterocycles. The van der Waals surface area contributed by atoms with Crippen molar-refractivity contribution >= 4 is 0 Å². The number of hydrogen-bond acceptors (Lipinski definition) is 3. The molecule has 20 heavy (non-hydrogen) atoms. The predicted octanol–water partition coefficient (Wildman–Crippen LogP) is 4.02. The van der Waals surface area contributed by atoms with Crippen molar-refractivity contribution in [1.82, 2.24) is 9.97 Å². The lowest BCUT2D eigenvalue weighted by Gasteiger charge is -2.13. The maximum Gasteiger partial charge on any atom is 0.146 e. The summed E-state index contributed by atoms with van der Waals surface area (Å²) in [7, 11) is 0. The van der Waals surface area contributed by atoms with Gasteiger partial charge in [0, 0.05) is 11.3 Å². The maximum absolute atomic E-state index is 9.32. The highest BCUT2D eigenvalue weighted by molar-refractivity contribution is 5.60. The molecule has 1 unspecified atom stereocenters. The highest BCUT2D eigenvalue weighted by atomic mass is 14.9. The minimum atomic E-state index is -0.265. The quantitative estimate of drug-likeness (QED) is 0.842. The molecule has 0 aliphatic carbocycles. The van der Waals surface area contributed by atoms with E-state index in [1.807, 2.05) is 39.0 Å². The van der Waals surface area contributed by atoms with Crippen LogP contribution < -0.4 is 0 Å². The molecule has 1 atom stereocenters. The molecule has 3 nitrogen and oxygen atoms in total. The summed E-state index contributed by atoms with van der Waals surface area (Å²) in [5, 5.41) is 9.32. The lowest BCUT2D eigenvalue weighted by molar-refractivity contribution is 0.560. The fourth-order valence-corrected chi connectivity index (χ4v) is 2.19. The van der Waals surface area contributed by atoms with Crippen molar-refractivity contribution in [2.75, 3.05) is 0 Å². The van der Waals surface area contributed by atoms with E-state index in [0.29, 0.717) is 5.82 Å². The van der Waals surface area contributed by atoms with Gasteiger partial charge in [-0.05, 0) is 31.9 Å². The van der Waals surface area contributed by atoms with Gasteiger partial charge in [0.15, 0.2) is 0 Å². The summed E-state index contributed by atoms with van der Waals surface area (Å²) in [5.74, 6) is 0.560. The highest BCUT2D eigenvalue weighted by Crippen LogP contribution is 2.24. The third-order valence-electron chi connectivity index (χ3n) is 3.27. The third kappa shape index (κ3) is 3.03. The molecule has 3 heteroatoms. The van der Waals surface area contributed by atoms with Gasteiger partial charge in [-0.15, -0.1) is 0 Å². The molecule has 1 heterocycles. The minimum Gasteiger partial charge on any atom is -0.237 e. The molecule has 0 N–H and O–H groups in total. The summed E-state index contributed by atoms with van der Waals surface area (Å²) in [6.07, 6.45) is 0. The van der Waals surface area contributed by atoms with Gasteiger partial charge in [0.1, 0.15) is 11.7 Å². The molecule has 0 spiro atoms. The van der Waals surface area contributed by atoms with Crippen LogP contribution in [0.4, 0.5) is 0 Å². The lowest BCUT2D eigenvalue weighted by Crippen LogP contribution is -2.10. The zero-order valence-corrected chi connectivity index (χ0v) is 12.4. The van der Waals surface area contributed by atoms with Crippen molar-refractivity contribution in [3.8, 4) is 17.3 Å². The summed E-state index contributed by atoms with van der Waals surface area (Å²) in [6, 6.07) is 12.5. The number of benzene rings is 1. The average Bonchev–Trinajstić information content (AvgIpc) is 2.38. The Kier molecular flexibility index (Phi) is 4.14. The van der Waals surface area contributed by atoms with Crippen molar-refractivity contribution in [3.63, 3.8) is 0 Å². The molecule has 0 aliphatic heterocycles. The Labute approximate surface area is 120 Å². The van der Waals surface area contributed by atoms with Gasteiger partial charge in [0.2, 0.25) is 0 Å². The SMILES string of the molecule is Cc1cccc(-c2cc(C)nc(C(C#N)C(C)C)n2)c1. The molecular formula is C17H19N3. The zero-order valence-electron chi connectivity index (χ0n) is 12.4. The topological polar surface area (TPSA) is 49.6 Å². The molecule has 0 amide bonds. The first kappa shape index (κ1) is 14.2. The zero-order chi connectivity index (χ0) is 14.7. The standard InChI is InChI=1S/C17H19N3/c1-11(2)15(10-18)17-19-13(4)9-16(20-17)14-7-5-6-12(3)8-14/h5-9,11,15H,1-4H3. The van der Waals surface area contributed by atoms with Crippen molar-refractivity contribution in [3.05, 3.63) is 47.4 Å². The van der Waals surface area contributed by atoms with Crippen LogP contribution in [0, 0.1) is 31.1 Å². The van der Waals surface area contributed by atoms with Gasteiger partial charge in [0.25, 0.3) is 0 Å². The second-order valence-electron chi connectivity index (χ2n) is 5.47. The fraction of sp³-hybridized carbons (Fsp3) is 0.353. The van der Waals surface area contributed by atoms with E-state index in [9.17, 15) is 5.26 Å².